The first-order chi connectivity index (χ1) is 9.50. The van der Waals surface area contributed by atoms with Gasteiger partial charge in [-0.1, -0.05) is 0 Å². The first kappa shape index (κ1) is 11.6. The molecule has 0 radical (unpaired) electrons. The number of carboxylic acids is 1. The summed E-state index contributed by atoms with van der Waals surface area (Å²) in [5.41, 5.74) is -0.333. The van der Waals surface area contributed by atoms with Crippen molar-refractivity contribution in [2.24, 2.45) is 5.92 Å². The van der Waals surface area contributed by atoms with E-state index >= 15 is 0 Å². The maximum Gasteiger partial charge on any atom is 0.341 e. The van der Waals surface area contributed by atoms with Crippen LogP contribution in [0.1, 0.15) is 29.6 Å². The maximum absolute atomic E-state index is 13.4. The van der Waals surface area contributed by atoms with Crippen molar-refractivity contribution >= 4 is 16.9 Å². The Bertz CT molecular complexity index is 807. The highest BCUT2D eigenvalue weighted by Crippen LogP contribution is 2.62. The van der Waals surface area contributed by atoms with E-state index in [1.165, 1.54) is 12.3 Å². The summed E-state index contributed by atoms with van der Waals surface area (Å²) in [6.45, 7) is 0. The number of aromatic carboxylic acids is 1. The van der Waals surface area contributed by atoms with Gasteiger partial charge >= 0.3 is 5.97 Å². The van der Waals surface area contributed by atoms with Gasteiger partial charge in [-0.05, 0) is 43.4 Å². The molecule has 2 bridgehead atoms. The number of nitrogens with zero attached hydrogens (tertiary/aromatic N) is 1. The van der Waals surface area contributed by atoms with E-state index in [1.807, 2.05) is 4.57 Å². The Morgan fingerprint density at radius 3 is 2.60 bits per heavy atom. The first-order valence-corrected chi connectivity index (χ1v) is 6.59. The van der Waals surface area contributed by atoms with Crippen molar-refractivity contribution in [3.05, 3.63) is 46.0 Å². The van der Waals surface area contributed by atoms with Gasteiger partial charge in [0.15, 0.2) is 0 Å². The SMILES string of the molecule is O=C(O)c1cn(C23CC(C2)C3)c2ccc(F)cc2c1=O. The van der Waals surface area contributed by atoms with E-state index in [4.69, 9.17) is 0 Å². The lowest BCUT2D eigenvalue weighted by molar-refractivity contribution is -0.0860. The number of fused-ring (bicyclic) bond motifs is 1. The van der Waals surface area contributed by atoms with Crippen LogP contribution >= 0.6 is 0 Å². The number of benzene rings is 1. The van der Waals surface area contributed by atoms with Crippen molar-refractivity contribution < 1.29 is 14.3 Å². The van der Waals surface area contributed by atoms with Gasteiger partial charge < -0.3 is 9.67 Å². The molecule has 1 aromatic heterocycles. The van der Waals surface area contributed by atoms with Gasteiger partial charge in [0.1, 0.15) is 11.4 Å². The Morgan fingerprint density at radius 1 is 1.35 bits per heavy atom. The minimum atomic E-state index is -1.26. The van der Waals surface area contributed by atoms with Gasteiger partial charge in [0, 0.05) is 17.1 Å². The average molecular weight is 273 g/mol. The maximum atomic E-state index is 13.4. The Balaban J connectivity index is 2.09. The fraction of sp³-hybridized carbons (Fsp3) is 0.333. The molecule has 5 rings (SSSR count). The van der Waals surface area contributed by atoms with Crippen LogP contribution in [0, 0.1) is 11.7 Å². The number of carboxylic acid groups (broad SMARTS) is 1. The smallest absolute Gasteiger partial charge is 0.341 e. The average Bonchev–Trinajstić information content (AvgIpc) is 2.28. The lowest BCUT2D eigenvalue weighted by Crippen LogP contribution is -2.59. The van der Waals surface area contributed by atoms with Crippen molar-refractivity contribution in [1.82, 2.24) is 4.57 Å². The van der Waals surface area contributed by atoms with E-state index in [-0.39, 0.29) is 16.5 Å². The zero-order valence-corrected chi connectivity index (χ0v) is 10.6. The number of pyridine rings is 1. The summed E-state index contributed by atoms with van der Waals surface area (Å²) in [4.78, 5) is 23.4. The Morgan fingerprint density at radius 2 is 2.05 bits per heavy atom. The van der Waals surface area contributed by atoms with E-state index in [1.54, 1.807) is 6.07 Å². The summed E-state index contributed by atoms with van der Waals surface area (Å²) >= 11 is 0. The molecule has 0 aliphatic heterocycles. The summed E-state index contributed by atoms with van der Waals surface area (Å²) in [6, 6.07) is 4.01. The summed E-state index contributed by atoms with van der Waals surface area (Å²) in [6.07, 6.45) is 4.48. The highest BCUT2D eigenvalue weighted by atomic mass is 19.1. The first-order valence-electron chi connectivity index (χ1n) is 6.59. The second-order valence-electron chi connectivity index (χ2n) is 5.91. The van der Waals surface area contributed by atoms with Crippen LogP contribution in [0.2, 0.25) is 0 Å². The van der Waals surface area contributed by atoms with Crippen LogP contribution in [0.3, 0.4) is 0 Å². The second kappa shape index (κ2) is 3.48. The molecule has 0 spiro atoms. The molecule has 0 unspecified atom stereocenters. The fourth-order valence-electron chi connectivity index (χ4n) is 3.58. The molecular formula is C15H12FNO3. The predicted octanol–water partition coefficient (Wildman–Crippen LogP) is 2.35. The third-order valence-corrected chi connectivity index (χ3v) is 4.71. The van der Waals surface area contributed by atoms with Crippen molar-refractivity contribution in [2.75, 3.05) is 0 Å². The van der Waals surface area contributed by atoms with Crippen LogP contribution in [-0.4, -0.2) is 15.6 Å². The van der Waals surface area contributed by atoms with Gasteiger partial charge in [0.25, 0.3) is 0 Å². The number of halogens is 1. The normalized spacial score (nSPS) is 26.9. The standard InChI is InChI=1S/C15H12FNO3/c16-9-1-2-12-10(3-9)13(18)11(14(19)20)7-17(12)15-4-8(5-15)6-15/h1-3,7-8H,4-6H2,(H,19,20). The number of rotatable bonds is 2. The zero-order chi connectivity index (χ0) is 14.1. The number of carbonyl (C=O) groups is 1. The molecule has 3 fully saturated rings. The number of hydrogen-bond donors (Lipinski definition) is 1. The topological polar surface area (TPSA) is 59.3 Å². The molecule has 0 amide bonds. The van der Waals surface area contributed by atoms with Gasteiger partial charge in [0.05, 0.1) is 5.52 Å². The van der Waals surface area contributed by atoms with E-state index < -0.39 is 17.2 Å². The van der Waals surface area contributed by atoms with Crippen molar-refractivity contribution in [2.45, 2.75) is 24.8 Å². The van der Waals surface area contributed by atoms with Crippen LogP contribution in [0.25, 0.3) is 10.9 Å². The van der Waals surface area contributed by atoms with Crippen LogP contribution in [0.5, 0.6) is 0 Å². The third kappa shape index (κ3) is 1.30. The Labute approximate surface area is 113 Å². The number of hydrogen-bond acceptors (Lipinski definition) is 2. The molecule has 0 saturated heterocycles. The van der Waals surface area contributed by atoms with E-state index in [0.717, 1.165) is 31.2 Å². The molecule has 1 N–H and O–H groups in total. The molecule has 5 heteroatoms. The molecule has 102 valence electrons. The summed E-state index contributed by atoms with van der Waals surface area (Å²) in [5, 5.41) is 9.33. The predicted molar refractivity (Wildman–Crippen MR) is 70.4 cm³/mol. The molecule has 2 aromatic rings. The van der Waals surface area contributed by atoms with Gasteiger partial charge in [-0.3, -0.25) is 4.79 Å². The number of aromatic nitrogens is 1. The molecule has 20 heavy (non-hydrogen) atoms. The summed E-state index contributed by atoms with van der Waals surface area (Å²) < 4.78 is 15.3. The summed E-state index contributed by atoms with van der Waals surface area (Å²) in [5.74, 6) is -1.07. The van der Waals surface area contributed by atoms with Crippen LogP contribution < -0.4 is 5.43 Å². The van der Waals surface area contributed by atoms with Crippen molar-refractivity contribution in [3.63, 3.8) is 0 Å². The minimum absolute atomic E-state index is 0.0569. The Hall–Kier alpha value is -2.17. The molecule has 3 aliphatic carbocycles. The molecule has 3 aliphatic rings. The van der Waals surface area contributed by atoms with Crippen molar-refractivity contribution in [1.29, 1.82) is 0 Å². The van der Waals surface area contributed by atoms with Gasteiger partial charge in [-0.15, -0.1) is 0 Å². The van der Waals surface area contributed by atoms with Crippen molar-refractivity contribution in [3.8, 4) is 0 Å². The molecule has 3 saturated carbocycles. The largest absolute Gasteiger partial charge is 0.477 e. The van der Waals surface area contributed by atoms with Crippen LogP contribution in [0.15, 0.2) is 29.2 Å². The van der Waals surface area contributed by atoms with E-state index in [9.17, 15) is 19.1 Å². The zero-order valence-electron chi connectivity index (χ0n) is 10.6. The van der Waals surface area contributed by atoms with Crippen LogP contribution in [-0.2, 0) is 5.54 Å². The van der Waals surface area contributed by atoms with Gasteiger partial charge in [-0.2, -0.15) is 0 Å². The second-order valence-corrected chi connectivity index (χ2v) is 5.91. The monoisotopic (exact) mass is 273 g/mol. The highest BCUT2D eigenvalue weighted by molar-refractivity contribution is 5.92. The Kier molecular flexibility index (Phi) is 2.02. The highest BCUT2D eigenvalue weighted by Gasteiger charge is 2.58. The summed E-state index contributed by atoms with van der Waals surface area (Å²) in [7, 11) is 0. The minimum Gasteiger partial charge on any atom is -0.477 e. The van der Waals surface area contributed by atoms with E-state index in [2.05, 4.69) is 0 Å². The lowest BCUT2D eigenvalue weighted by atomic mass is 9.49. The molecule has 4 nitrogen and oxygen atoms in total. The lowest BCUT2D eigenvalue weighted by Gasteiger charge is -2.63. The van der Waals surface area contributed by atoms with Gasteiger partial charge in [-0.25, -0.2) is 9.18 Å². The van der Waals surface area contributed by atoms with Crippen LogP contribution in [0.4, 0.5) is 4.39 Å². The molecule has 1 heterocycles. The quantitative estimate of drug-likeness (QED) is 0.913. The fourth-order valence-corrected chi connectivity index (χ4v) is 3.58. The molecule has 0 atom stereocenters. The van der Waals surface area contributed by atoms with E-state index in [0.29, 0.717) is 5.52 Å². The molecular weight excluding hydrogens is 261 g/mol. The molecule has 1 aromatic carbocycles. The third-order valence-electron chi connectivity index (χ3n) is 4.71. The van der Waals surface area contributed by atoms with Gasteiger partial charge in [0.2, 0.25) is 5.43 Å².